The van der Waals surface area contributed by atoms with E-state index in [1.807, 2.05) is 19.9 Å². The summed E-state index contributed by atoms with van der Waals surface area (Å²) in [5.74, 6) is -0.220. The molecule has 1 aromatic rings. The molecule has 2 atom stereocenters. The third kappa shape index (κ3) is 2.42. The van der Waals surface area contributed by atoms with Crippen LogP contribution in [0.3, 0.4) is 0 Å². The predicted molar refractivity (Wildman–Crippen MR) is 63.8 cm³/mol. The van der Waals surface area contributed by atoms with Gasteiger partial charge in [-0.25, -0.2) is 4.39 Å². The standard InChI is InChI=1S/C13H20FNO/c1-9-4-5-11(8-12(9)14)13(3,6-7-16)10(2)15/h4-5,8,10,16H,6-7,15H2,1-3H3. The van der Waals surface area contributed by atoms with Gasteiger partial charge in [-0.3, -0.25) is 0 Å². The summed E-state index contributed by atoms with van der Waals surface area (Å²) in [7, 11) is 0. The lowest BCUT2D eigenvalue weighted by Gasteiger charge is -2.33. The van der Waals surface area contributed by atoms with Crippen molar-refractivity contribution in [2.45, 2.75) is 38.6 Å². The fourth-order valence-electron chi connectivity index (χ4n) is 1.82. The molecular weight excluding hydrogens is 205 g/mol. The topological polar surface area (TPSA) is 46.2 Å². The molecule has 0 aliphatic rings. The normalized spacial score (nSPS) is 16.9. The van der Waals surface area contributed by atoms with Crippen molar-refractivity contribution >= 4 is 0 Å². The van der Waals surface area contributed by atoms with Crippen molar-refractivity contribution in [3.05, 3.63) is 35.1 Å². The zero-order chi connectivity index (χ0) is 12.3. The van der Waals surface area contributed by atoms with E-state index in [9.17, 15) is 4.39 Å². The summed E-state index contributed by atoms with van der Waals surface area (Å²) in [6, 6.07) is 5.02. The molecule has 3 heteroatoms. The molecule has 16 heavy (non-hydrogen) atoms. The van der Waals surface area contributed by atoms with E-state index in [0.29, 0.717) is 12.0 Å². The molecule has 0 bridgehead atoms. The van der Waals surface area contributed by atoms with E-state index in [1.54, 1.807) is 13.0 Å². The average Bonchev–Trinajstić information content (AvgIpc) is 2.22. The minimum Gasteiger partial charge on any atom is -0.396 e. The smallest absolute Gasteiger partial charge is 0.126 e. The van der Waals surface area contributed by atoms with Gasteiger partial charge < -0.3 is 10.8 Å². The summed E-state index contributed by atoms with van der Waals surface area (Å²) < 4.78 is 13.5. The van der Waals surface area contributed by atoms with Crippen molar-refractivity contribution < 1.29 is 9.50 Å². The van der Waals surface area contributed by atoms with Crippen LogP contribution >= 0.6 is 0 Å². The number of benzene rings is 1. The van der Waals surface area contributed by atoms with Gasteiger partial charge in [0.25, 0.3) is 0 Å². The highest BCUT2D eigenvalue weighted by atomic mass is 19.1. The van der Waals surface area contributed by atoms with E-state index >= 15 is 0 Å². The second kappa shape index (κ2) is 4.93. The van der Waals surface area contributed by atoms with Crippen LogP contribution in [0, 0.1) is 12.7 Å². The van der Waals surface area contributed by atoms with Gasteiger partial charge in [-0.1, -0.05) is 19.1 Å². The summed E-state index contributed by atoms with van der Waals surface area (Å²) in [6.45, 7) is 5.62. The van der Waals surface area contributed by atoms with Crippen LogP contribution in [0.5, 0.6) is 0 Å². The highest BCUT2D eigenvalue weighted by molar-refractivity contribution is 5.30. The molecule has 0 saturated heterocycles. The summed E-state index contributed by atoms with van der Waals surface area (Å²) in [5, 5.41) is 9.09. The van der Waals surface area contributed by atoms with E-state index in [-0.39, 0.29) is 23.9 Å². The summed E-state index contributed by atoms with van der Waals surface area (Å²) in [4.78, 5) is 0. The van der Waals surface area contributed by atoms with Crippen molar-refractivity contribution in [2.24, 2.45) is 5.73 Å². The summed E-state index contributed by atoms with van der Waals surface area (Å²) >= 11 is 0. The van der Waals surface area contributed by atoms with E-state index < -0.39 is 0 Å². The molecule has 0 amide bonds. The van der Waals surface area contributed by atoms with Gasteiger partial charge in [0.15, 0.2) is 0 Å². The molecule has 0 fully saturated rings. The van der Waals surface area contributed by atoms with Crippen LogP contribution in [0.1, 0.15) is 31.4 Å². The van der Waals surface area contributed by atoms with Gasteiger partial charge in [-0.2, -0.15) is 0 Å². The van der Waals surface area contributed by atoms with Crippen LogP contribution in [-0.2, 0) is 5.41 Å². The summed E-state index contributed by atoms with van der Waals surface area (Å²) in [6.07, 6.45) is 0.535. The van der Waals surface area contributed by atoms with Gasteiger partial charge in [-0.15, -0.1) is 0 Å². The molecule has 0 aliphatic carbocycles. The van der Waals surface area contributed by atoms with Gasteiger partial charge in [0.05, 0.1) is 0 Å². The monoisotopic (exact) mass is 225 g/mol. The van der Waals surface area contributed by atoms with Crippen molar-refractivity contribution in [2.75, 3.05) is 6.61 Å². The molecule has 0 aromatic heterocycles. The molecule has 0 spiro atoms. The van der Waals surface area contributed by atoms with Gasteiger partial charge in [0.2, 0.25) is 0 Å². The Hall–Kier alpha value is -0.930. The Morgan fingerprint density at radius 3 is 2.56 bits per heavy atom. The molecule has 3 N–H and O–H groups in total. The minimum absolute atomic E-state index is 0.0491. The molecule has 0 aliphatic heterocycles. The molecule has 0 heterocycles. The van der Waals surface area contributed by atoms with Crippen LogP contribution < -0.4 is 5.73 Å². The highest BCUT2D eigenvalue weighted by Crippen LogP contribution is 2.31. The van der Waals surface area contributed by atoms with Crippen LogP contribution in [0.2, 0.25) is 0 Å². The van der Waals surface area contributed by atoms with Crippen LogP contribution in [0.4, 0.5) is 4.39 Å². The number of hydrogen-bond acceptors (Lipinski definition) is 2. The number of aliphatic hydroxyl groups excluding tert-OH is 1. The van der Waals surface area contributed by atoms with Crippen molar-refractivity contribution in [1.82, 2.24) is 0 Å². The second-order valence-electron chi connectivity index (χ2n) is 4.64. The number of halogens is 1. The Kier molecular flexibility index (Phi) is 4.05. The molecule has 2 unspecified atom stereocenters. The Morgan fingerprint density at radius 2 is 2.12 bits per heavy atom. The fourth-order valence-corrected chi connectivity index (χ4v) is 1.82. The Bertz CT molecular complexity index is 365. The first-order valence-electron chi connectivity index (χ1n) is 5.55. The van der Waals surface area contributed by atoms with Crippen molar-refractivity contribution in [3.8, 4) is 0 Å². The van der Waals surface area contributed by atoms with Gasteiger partial charge in [-0.05, 0) is 37.5 Å². The third-order valence-electron chi connectivity index (χ3n) is 3.47. The number of nitrogens with two attached hydrogens (primary N) is 1. The lowest BCUT2D eigenvalue weighted by Crippen LogP contribution is -2.41. The number of aliphatic hydroxyl groups is 1. The minimum atomic E-state index is -0.386. The van der Waals surface area contributed by atoms with Gasteiger partial charge >= 0.3 is 0 Å². The fraction of sp³-hybridized carbons (Fsp3) is 0.538. The molecule has 0 radical (unpaired) electrons. The lowest BCUT2D eigenvalue weighted by molar-refractivity contribution is 0.229. The predicted octanol–water partition coefficient (Wildman–Crippen LogP) is 2.12. The number of rotatable bonds is 4. The van der Waals surface area contributed by atoms with Crippen LogP contribution in [0.15, 0.2) is 18.2 Å². The molecule has 1 aromatic carbocycles. The zero-order valence-electron chi connectivity index (χ0n) is 10.1. The largest absolute Gasteiger partial charge is 0.396 e. The maximum absolute atomic E-state index is 13.5. The maximum Gasteiger partial charge on any atom is 0.126 e. The molecule has 90 valence electrons. The Labute approximate surface area is 96.3 Å². The molecule has 0 saturated carbocycles. The number of hydrogen-bond donors (Lipinski definition) is 2. The van der Waals surface area contributed by atoms with Crippen molar-refractivity contribution in [1.29, 1.82) is 0 Å². The SMILES string of the molecule is Cc1ccc(C(C)(CCO)C(C)N)cc1F. The molecular formula is C13H20FNO. The Morgan fingerprint density at radius 1 is 1.50 bits per heavy atom. The van der Waals surface area contributed by atoms with E-state index in [1.165, 1.54) is 6.07 Å². The van der Waals surface area contributed by atoms with Crippen LogP contribution in [-0.4, -0.2) is 17.8 Å². The van der Waals surface area contributed by atoms with E-state index in [4.69, 9.17) is 10.8 Å². The second-order valence-corrected chi connectivity index (χ2v) is 4.64. The summed E-state index contributed by atoms with van der Waals surface area (Å²) in [5.41, 5.74) is 7.03. The first-order valence-corrected chi connectivity index (χ1v) is 5.55. The number of aryl methyl sites for hydroxylation is 1. The Balaban J connectivity index is 3.16. The van der Waals surface area contributed by atoms with Gasteiger partial charge in [0.1, 0.15) is 5.82 Å². The highest BCUT2D eigenvalue weighted by Gasteiger charge is 2.30. The van der Waals surface area contributed by atoms with E-state index in [2.05, 4.69) is 0 Å². The lowest BCUT2D eigenvalue weighted by atomic mass is 9.74. The first-order chi connectivity index (χ1) is 7.41. The van der Waals surface area contributed by atoms with Gasteiger partial charge in [0, 0.05) is 18.1 Å². The average molecular weight is 225 g/mol. The first kappa shape index (κ1) is 13.1. The molecule has 2 nitrogen and oxygen atoms in total. The molecule has 1 rings (SSSR count). The van der Waals surface area contributed by atoms with Crippen molar-refractivity contribution in [3.63, 3.8) is 0 Å². The zero-order valence-corrected chi connectivity index (χ0v) is 10.1. The maximum atomic E-state index is 13.5. The van der Waals surface area contributed by atoms with E-state index in [0.717, 1.165) is 5.56 Å². The third-order valence-corrected chi connectivity index (χ3v) is 3.47. The van der Waals surface area contributed by atoms with Crippen LogP contribution in [0.25, 0.3) is 0 Å². The quantitative estimate of drug-likeness (QED) is 0.824.